The van der Waals surface area contributed by atoms with Crippen LogP contribution in [0, 0.1) is 0 Å². The first kappa shape index (κ1) is 26.9. The van der Waals surface area contributed by atoms with Gasteiger partial charge in [0.2, 0.25) is 11.8 Å². The molecule has 0 saturated carbocycles. The zero-order valence-corrected chi connectivity index (χ0v) is 23.4. The van der Waals surface area contributed by atoms with E-state index < -0.39 is 0 Å². The summed E-state index contributed by atoms with van der Waals surface area (Å²) in [4.78, 5) is 44.0. The predicted molar refractivity (Wildman–Crippen MR) is 155 cm³/mol. The first-order chi connectivity index (χ1) is 18.7. The number of rotatable bonds is 4. The topological polar surface area (TPSA) is 60.9 Å². The molecule has 3 aromatic rings. The molecule has 2 atom stereocenters. The Morgan fingerprint density at radius 1 is 0.872 bits per heavy atom. The number of hydrogen-bond donors (Lipinski definition) is 0. The second kappa shape index (κ2) is 11.2. The molecule has 2 aliphatic heterocycles. The van der Waals surface area contributed by atoms with Crippen molar-refractivity contribution in [1.82, 2.24) is 4.90 Å². The molecule has 1 fully saturated rings. The van der Waals surface area contributed by atoms with Crippen molar-refractivity contribution in [1.29, 1.82) is 0 Å². The van der Waals surface area contributed by atoms with Crippen molar-refractivity contribution < 1.29 is 14.4 Å². The van der Waals surface area contributed by atoms with Crippen molar-refractivity contribution in [3.8, 4) is 0 Å². The average molecular weight is 544 g/mol. The molecule has 5 rings (SSSR count). The molecule has 6 nitrogen and oxygen atoms in total. The summed E-state index contributed by atoms with van der Waals surface area (Å²) < 4.78 is 0. The van der Waals surface area contributed by atoms with E-state index >= 15 is 0 Å². The Morgan fingerprint density at radius 3 is 2.13 bits per heavy atom. The summed E-state index contributed by atoms with van der Waals surface area (Å²) in [6, 6.07) is 22.8. The molecular formula is C32H34ClN3O3. The number of carbonyl (C=O) groups excluding carboxylic acids is 3. The maximum absolute atomic E-state index is 13.9. The summed E-state index contributed by atoms with van der Waals surface area (Å²) in [5.41, 5.74) is 4.40. The number of piperidine rings is 1. The minimum atomic E-state index is -0.206. The van der Waals surface area contributed by atoms with Crippen LogP contribution in [0.3, 0.4) is 0 Å². The number of para-hydroxylation sites is 1. The van der Waals surface area contributed by atoms with E-state index in [0.29, 0.717) is 22.9 Å². The maximum atomic E-state index is 13.9. The van der Waals surface area contributed by atoms with Crippen LogP contribution in [-0.4, -0.2) is 41.8 Å². The Morgan fingerprint density at radius 2 is 1.51 bits per heavy atom. The largest absolute Gasteiger partial charge is 0.343 e. The monoisotopic (exact) mass is 543 g/mol. The van der Waals surface area contributed by atoms with Gasteiger partial charge in [-0.25, -0.2) is 0 Å². The Labute approximate surface area is 235 Å². The summed E-state index contributed by atoms with van der Waals surface area (Å²) in [6.45, 7) is 6.79. The Balaban J connectivity index is 1.40. The molecule has 3 amide bonds. The van der Waals surface area contributed by atoms with Gasteiger partial charge in [-0.1, -0.05) is 41.9 Å². The lowest BCUT2D eigenvalue weighted by molar-refractivity contribution is -0.129. The van der Waals surface area contributed by atoms with Crippen LogP contribution in [0.15, 0.2) is 72.8 Å². The van der Waals surface area contributed by atoms with Crippen molar-refractivity contribution in [2.45, 2.75) is 58.0 Å². The van der Waals surface area contributed by atoms with Crippen LogP contribution in [0.2, 0.25) is 5.02 Å². The number of anilines is 2. The molecule has 2 heterocycles. The fourth-order valence-corrected chi connectivity index (χ4v) is 6.21. The number of carbonyl (C=O) groups is 3. The molecule has 0 aromatic heterocycles. The number of fused-ring (bicyclic) bond motifs is 1. The summed E-state index contributed by atoms with van der Waals surface area (Å²) in [5.74, 6) is 0.416. The number of likely N-dealkylation sites (tertiary alicyclic amines) is 1. The van der Waals surface area contributed by atoms with E-state index in [0.717, 1.165) is 42.9 Å². The number of hydrogen-bond acceptors (Lipinski definition) is 3. The fraction of sp³-hybridized carbons (Fsp3) is 0.344. The normalized spacial score (nSPS) is 19.4. The first-order valence-electron chi connectivity index (χ1n) is 13.6. The third-order valence-electron chi connectivity index (χ3n) is 8.10. The van der Waals surface area contributed by atoms with Crippen LogP contribution in [0.4, 0.5) is 11.4 Å². The molecular weight excluding hydrogens is 510 g/mol. The minimum Gasteiger partial charge on any atom is -0.343 e. The van der Waals surface area contributed by atoms with E-state index in [2.05, 4.69) is 12.1 Å². The molecule has 1 saturated heterocycles. The lowest BCUT2D eigenvalue weighted by Crippen LogP contribution is -2.47. The van der Waals surface area contributed by atoms with Gasteiger partial charge in [-0.2, -0.15) is 0 Å². The summed E-state index contributed by atoms with van der Waals surface area (Å²) in [5, 5.41) is 0.615. The number of nitrogens with zero attached hydrogens (tertiary/aromatic N) is 3. The molecule has 7 heteroatoms. The first-order valence-corrected chi connectivity index (χ1v) is 14.0. The van der Waals surface area contributed by atoms with Gasteiger partial charge in [0.05, 0.1) is 6.04 Å². The maximum Gasteiger partial charge on any atom is 0.258 e. The number of halogens is 1. The molecule has 2 aliphatic rings. The number of amides is 3. The third-order valence-corrected chi connectivity index (χ3v) is 8.36. The van der Waals surface area contributed by atoms with Crippen LogP contribution in [0.1, 0.15) is 73.5 Å². The molecule has 0 aliphatic carbocycles. The van der Waals surface area contributed by atoms with Gasteiger partial charge in [0.1, 0.15) is 0 Å². The van der Waals surface area contributed by atoms with E-state index in [1.807, 2.05) is 65.3 Å². The van der Waals surface area contributed by atoms with Crippen LogP contribution < -0.4 is 9.80 Å². The highest BCUT2D eigenvalue weighted by Gasteiger charge is 2.38. The Bertz CT molecular complexity index is 1360. The van der Waals surface area contributed by atoms with E-state index in [9.17, 15) is 14.4 Å². The van der Waals surface area contributed by atoms with Gasteiger partial charge < -0.3 is 14.7 Å². The highest BCUT2D eigenvalue weighted by atomic mass is 35.5. The van der Waals surface area contributed by atoms with Crippen molar-refractivity contribution >= 4 is 40.7 Å². The van der Waals surface area contributed by atoms with Gasteiger partial charge in [0.25, 0.3) is 5.91 Å². The van der Waals surface area contributed by atoms with Crippen LogP contribution in [0.25, 0.3) is 0 Å². The molecule has 0 N–H and O–H groups in total. The molecule has 0 bridgehead atoms. The smallest absolute Gasteiger partial charge is 0.258 e. The van der Waals surface area contributed by atoms with Gasteiger partial charge in [-0.15, -0.1) is 0 Å². The van der Waals surface area contributed by atoms with Gasteiger partial charge in [0.15, 0.2) is 0 Å². The number of benzene rings is 3. The zero-order valence-electron chi connectivity index (χ0n) is 22.6. The van der Waals surface area contributed by atoms with Crippen molar-refractivity contribution in [2.24, 2.45) is 0 Å². The summed E-state index contributed by atoms with van der Waals surface area (Å²) >= 11 is 6.11. The highest BCUT2D eigenvalue weighted by molar-refractivity contribution is 6.30. The molecule has 0 radical (unpaired) electrons. The summed E-state index contributed by atoms with van der Waals surface area (Å²) in [6.07, 6.45) is 2.48. The van der Waals surface area contributed by atoms with Gasteiger partial charge in [-0.3, -0.25) is 14.4 Å². The Hall–Kier alpha value is -3.64. The van der Waals surface area contributed by atoms with Crippen LogP contribution >= 0.6 is 11.6 Å². The summed E-state index contributed by atoms with van der Waals surface area (Å²) in [7, 11) is 0. The van der Waals surface area contributed by atoms with Crippen molar-refractivity contribution in [3.63, 3.8) is 0 Å². The molecule has 3 aromatic carbocycles. The van der Waals surface area contributed by atoms with Crippen molar-refractivity contribution in [2.75, 3.05) is 22.9 Å². The molecule has 39 heavy (non-hydrogen) atoms. The Kier molecular flexibility index (Phi) is 7.76. The molecule has 0 unspecified atom stereocenters. The van der Waals surface area contributed by atoms with Crippen LogP contribution in [0.5, 0.6) is 0 Å². The van der Waals surface area contributed by atoms with Crippen LogP contribution in [-0.2, 0) is 9.59 Å². The van der Waals surface area contributed by atoms with E-state index in [4.69, 9.17) is 11.6 Å². The fourth-order valence-electron chi connectivity index (χ4n) is 6.08. The van der Waals surface area contributed by atoms with Gasteiger partial charge in [0, 0.05) is 54.9 Å². The lowest BCUT2D eigenvalue weighted by Gasteiger charge is -2.43. The lowest BCUT2D eigenvalue weighted by atomic mass is 9.88. The van der Waals surface area contributed by atoms with Gasteiger partial charge >= 0.3 is 0 Å². The second-order valence-electron chi connectivity index (χ2n) is 10.6. The quantitative estimate of drug-likeness (QED) is 0.372. The highest BCUT2D eigenvalue weighted by Crippen LogP contribution is 2.43. The van der Waals surface area contributed by atoms with E-state index in [-0.39, 0.29) is 29.8 Å². The second-order valence-corrected chi connectivity index (χ2v) is 11.0. The minimum absolute atomic E-state index is 0.0489. The standard InChI is InChI=1S/C32H34ClN3O3/c1-21-20-31(36(23(3)38)28-14-12-27(33)13-15-28)29-6-4-5-7-30(29)35(21)32(39)26-10-8-24(9-11-26)25-16-18-34(19-17-25)22(2)37/h4-15,21,25,31H,16-20H2,1-3H3/t21-,31+/m1/s1. The third kappa shape index (κ3) is 5.44. The van der Waals surface area contributed by atoms with Crippen molar-refractivity contribution in [3.05, 3.63) is 94.5 Å². The molecule has 202 valence electrons. The average Bonchev–Trinajstić information content (AvgIpc) is 2.94. The SMILES string of the molecule is CC(=O)N1CCC(c2ccc(C(=O)N3c4ccccc4[C@@H](N(C(C)=O)c4ccc(Cl)cc4)C[C@H]3C)cc2)CC1. The predicted octanol–water partition coefficient (Wildman–Crippen LogP) is 6.60. The van der Waals surface area contributed by atoms with Gasteiger partial charge in [-0.05, 0) is 85.7 Å². The molecule has 0 spiro atoms. The zero-order chi connectivity index (χ0) is 27.7. The van der Waals surface area contributed by atoms with E-state index in [1.165, 1.54) is 5.56 Å². The van der Waals surface area contributed by atoms with E-state index in [1.54, 1.807) is 30.9 Å².